The number of aliphatic hydroxyl groups is 1. The van der Waals surface area contributed by atoms with Crippen LogP contribution in [0.2, 0.25) is 0 Å². The quantitative estimate of drug-likeness (QED) is 0.748. The van der Waals surface area contributed by atoms with E-state index in [1.165, 1.54) is 12.5 Å². The van der Waals surface area contributed by atoms with Crippen LogP contribution in [0.5, 0.6) is 0 Å². The molecule has 1 aliphatic carbocycles. The molecule has 19 heavy (non-hydrogen) atoms. The maximum atomic E-state index is 11.2. The molecule has 0 radical (unpaired) electrons. The summed E-state index contributed by atoms with van der Waals surface area (Å²) >= 11 is 0. The monoisotopic (exact) mass is 266 g/mol. The summed E-state index contributed by atoms with van der Waals surface area (Å²) in [6.07, 6.45) is 4.81. The Morgan fingerprint density at radius 2 is 1.79 bits per heavy atom. The van der Waals surface area contributed by atoms with Gasteiger partial charge in [-0.2, -0.15) is 0 Å². The van der Waals surface area contributed by atoms with E-state index in [-0.39, 0.29) is 12.1 Å². The third-order valence-electron chi connectivity index (χ3n) is 4.09. The number of carbonyl (C=O) groups excluding carboxylic acids is 1. The fraction of sp³-hybridized carbons (Fsp3) is 0.688. The number of rotatable bonds is 6. The van der Waals surface area contributed by atoms with Crippen LogP contribution in [0.15, 0.2) is 22.8 Å². The lowest BCUT2D eigenvalue weighted by Gasteiger charge is -2.40. The van der Waals surface area contributed by atoms with Gasteiger partial charge in [0.15, 0.2) is 0 Å². The van der Waals surface area contributed by atoms with Crippen molar-refractivity contribution in [1.82, 2.24) is 0 Å². The maximum absolute atomic E-state index is 11.2. The van der Waals surface area contributed by atoms with Crippen molar-refractivity contribution in [2.45, 2.75) is 72.0 Å². The highest BCUT2D eigenvalue weighted by Crippen LogP contribution is 2.43. The lowest BCUT2D eigenvalue weighted by Crippen LogP contribution is -2.40. The largest absolute Gasteiger partial charge is 0.453 e. The van der Waals surface area contributed by atoms with E-state index in [9.17, 15) is 9.90 Å². The van der Waals surface area contributed by atoms with Gasteiger partial charge in [0.05, 0.1) is 5.60 Å². The van der Waals surface area contributed by atoms with Gasteiger partial charge in [0, 0.05) is 12.5 Å². The highest BCUT2D eigenvalue weighted by molar-refractivity contribution is 5.69. The van der Waals surface area contributed by atoms with Crippen molar-refractivity contribution < 1.29 is 14.6 Å². The van der Waals surface area contributed by atoms with E-state index in [1.54, 1.807) is 0 Å². The summed E-state index contributed by atoms with van der Waals surface area (Å²) in [6.45, 7) is 9.59. The molecule has 1 aliphatic rings. The van der Waals surface area contributed by atoms with Crippen molar-refractivity contribution in [3.8, 4) is 0 Å². The van der Waals surface area contributed by atoms with E-state index >= 15 is 0 Å². The van der Waals surface area contributed by atoms with Crippen LogP contribution in [-0.2, 0) is 9.53 Å². The Labute approximate surface area is 116 Å². The van der Waals surface area contributed by atoms with E-state index in [4.69, 9.17) is 4.74 Å². The van der Waals surface area contributed by atoms with Gasteiger partial charge in [0.25, 0.3) is 0 Å². The van der Waals surface area contributed by atoms with Gasteiger partial charge in [-0.3, -0.25) is 4.79 Å². The molecule has 0 spiro atoms. The highest BCUT2D eigenvalue weighted by atomic mass is 16.5. The van der Waals surface area contributed by atoms with Crippen LogP contribution in [0.25, 0.3) is 0 Å². The summed E-state index contributed by atoms with van der Waals surface area (Å²) in [7, 11) is 0. The molecule has 0 aromatic heterocycles. The second-order valence-electron chi connectivity index (χ2n) is 5.07. The van der Waals surface area contributed by atoms with Crippen LogP contribution < -0.4 is 0 Å². The maximum Gasteiger partial charge on any atom is 0.303 e. The third kappa shape index (κ3) is 3.08. The summed E-state index contributed by atoms with van der Waals surface area (Å²) in [6, 6.07) is 0. The molecule has 1 N–H and O–H groups in total. The predicted molar refractivity (Wildman–Crippen MR) is 76.8 cm³/mol. The number of allylic oxidation sites excluding steroid dienone is 1. The van der Waals surface area contributed by atoms with Gasteiger partial charge in [0.2, 0.25) is 0 Å². The average Bonchev–Trinajstić information content (AvgIpc) is 2.39. The zero-order valence-electron chi connectivity index (χ0n) is 12.7. The van der Waals surface area contributed by atoms with Gasteiger partial charge < -0.3 is 9.84 Å². The summed E-state index contributed by atoms with van der Waals surface area (Å²) in [5.74, 6) is -0.277. The minimum Gasteiger partial charge on any atom is -0.453 e. The van der Waals surface area contributed by atoms with Crippen LogP contribution in [0.1, 0.15) is 60.3 Å². The van der Waals surface area contributed by atoms with Crippen molar-refractivity contribution in [2.24, 2.45) is 0 Å². The molecule has 0 bridgehead atoms. The molecule has 0 aliphatic heterocycles. The Morgan fingerprint density at radius 3 is 2.16 bits per heavy atom. The molecule has 0 aromatic carbocycles. The van der Waals surface area contributed by atoms with Crippen molar-refractivity contribution >= 4 is 5.97 Å². The fourth-order valence-corrected chi connectivity index (χ4v) is 2.71. The van der Waals surface area contributed by atoms with Crippen LogP contribution in [-0.4, -0.2) is 22.8 Å². The van der Waals surface area contributed by atoms with Gasteiger partial charge in [-0.05, 0) is 37.3 Å². The molecule has 0 fully saturated rings. The zero-order chi connectivity index (χ0) is 14.6. The molecule has 0 amide bonds. The summed E-state index contributed by atoms with van der Waals surface area (Å²) in [4.78, 5) is 11.2. The Hall–Kier alpha value is -1.09. The Morgan fingerprint density at radius 1 is 1.26 bits per heavy atom. The Balaban J connectivity index is 3.17. The molecule has 0 saturated heterocycles. The first-order chi connectivity index (χ1) is 8.93. The molecule has 1 unspecified atom stereocenters. The number of hydrogen-bond donors (Lipinski definition) is 1. The first-order valence-corrected chi connectivity index (χ1v) is 7.27. The van der Waals surface area contributed by atoms with Crippen molar-refractivity contribution in [3.05, 3.63) is 22.8 Å². The van der Waals surface area contributed by atoms with E-state index in [0.29, 0.717) is 12.8 Å². The topological polar surface area (TPSA) is 46.5 Å². The molecule has 108 valence electrons. The number of hydrogen-bond acceptors (Lipinski definition) is 3. The molecule has 3 heteroatoms. The average molecular weight is 266 g/mol. The second-order valence-corrected chi connectivity index (χ2v) is 5.07. The molecular weight excluding hydrogens is 240 g/mol. The van der Waals surface area contributed by atoms with Crippen molar-refractivity contribution in [2.75, 3.05) is 0 Å². The zero-order valence-corrected chi connectivity index (χ0v) is 12.7. The highest BCUT2D eigenvalue weighted by Gasteiger charge is 2.41. The second kappa shape index (κ2) is 6.38. The number of esters is 1. The Bertz CT molecular complexity index is 394. The van der Waals surface area contributed by atoms with Gasteiger partial charge in [0.1, 0.15) is 6.10 Å². The first-order valence-electron chi connectivity index (χ1n) is 7.27. The van der Waals surface area contributed by atoms with Crippen molar-refractivity contribution in [1.29, 1.82) is 0 Å². The van der Waals surface area contributed by atoms with Crippen LogP contribution in [0, 0.1) is 0 Å². The smallest absolute Gasteiger partial charge is 0.303 e. The van der Waals surface area contributed by atoms with Gasteiger partial charge in [-0.1, -0.05) is 33.3 Å². The molecule has 0 heterocycles. The normalized spacial score (nSPS) is 18.7. The summed E-state index contributed by atoms with van der Waals surface area (Å²) in [5.41, 5.74) is 2.49. The molecule has 1 atom stereocenters. The van der Waals surface area contributed by atoms with Gasteiger partial charge in [-0.25, -0.2) is 0 Å². The summed E-state index contributed by atoms with van der Waals surface area (Å²) in [5, 5.41) is 10.7. The van der Waals surface area contributed by atoms with E-state index in [0.717, 1.165) is 24.0 Å². The lowest BCUT2D eigenvalue weighted by molar-refractivity contribution is -0.143. The third-order valence-corrected chi connectivity index (χ3v) is 4.09. The van der Waals surface area contributed by atoms with Crippen molar-refractivity contribution in [3.63, 3.8) is 0 Å². The number of carbonyl (C=O) groups is 1. The van der Waals surface area contributed by atoms with E-state index in [2.05, 4.69) is 13.8 Å². The minimum atomic E-state index is -0.790. The van der Waals surface area contributed by atoms with Gasteiger partial charge >= 0.3 is 5.97 Å². The van der Waals surface area contributed by atoms with Crippen LogP contribution in [0.4, 0.5) is 0 Å². The number of ether oxygens (including phenoxy) is 1. The summed E-state index contributed by atoms with van der Waals surface area (Å²) < 4.78 is 5.31. The fourth-order valence-electron chi connectivity index (χ4n) is 2.71. The lowest BCUT2D eigenvalue weighted by atomic mass is 9.72. The van der Waals surface area contributed by atoms with Crippen LogP contribution in [0.3, 0.4) is 0 Å². The van der Waals surface area contributed by atoms with Crippen LogP contribution >= 0.6 is 0 Å². The molecule has 1 rings (SSSR count). The van der Waals surface area contributed by atoms with E-state index < -0.39 is 5.60 Å². The molecule has 0 saturated carbocycles. The SMILES string of the molecule is CCC(CC)=C1C(C(O)(CC)CC)=CC1OC(C)=O. The molecular formula is C16H26O3. The Kier molecular flexibility index (Phi) is 5.36. The predicted octanol–water partition coefficient (Wildman–Crippen LogP) is 3.53. The van der Waals surface area contributed by atoms with Gasteiger partial charge in [-0.15, -0.1) is 0 Å². The van der Waals surface area contributed by atoms with E-state index in [1.807, 2.05) is 19.9 Å². The first kappa shape index (κ1) is 16.0. The molecule has 0 aromatic rings. The minimum absolute atomic E-state index is 0.271. The standard InChI is InChI=1S/C16H26O3/c1-6-12(7-2)15-13(16(18,8-3)9-4)10-14(15)19-11(5)17/h10,14,18H,6-9H2,1-5H3. The molecule has 3 nitrogen and oxygen atoms in total.